The highest BCUT2D eigenvalue weighted by molar-refractivity contribution is 5.49. The highest BCUT2D eigenvalue weighted by atomic mass is 15.0. The van der Waals surface area contributed by atoms with Gasteiger partial charge >= 0.3 is 0 Å². The number of nitrogens with zero attached hydrogens (tertiary/aromatic N) is 1. The summed E-state index contributed by atoms with van der Waals surface area (Å²) in [5.74, 6) is 0.980. The number of aryl methyl sites for hydroxylation is 2. The first kappa shape index (κ1) is 10.4. The molecule has 0 aliphatic heterocycles. The molecule has 15 heavy (non-hydrogen) atoms. The predicted octanol–water partition coefficient (Wildman–Crippen LogP) is 1.85. The monoisotopic (exact) mass is 205 g/mol. The van der Waals surface area contributed by atoms with Gasteiger partial charge in [-0.25, -0.2) is 4.98 Å². The third-order valence-electron chi connectivity index (χ3n) is 2.78. The van der Waals surface area contributed by atoms with Crippen molar-refractivity contribution in [2.45, 2.75) is 45.7 Å². The SMILES string of the molecule is CC(C)Nc1nc2c(cc1CN)CCC2. The van der Waals surface area contributed by atoms with Crippen LogP contribution in [0, 0.1) is 0 Å². The molecule has 0 aromatic carbocycles. The van der Waals surface area contributed by atoms with E-state index in [0.717, 1.165) is 24.2 Å². The van der Waals surface area contributed by atoms with Crippen molar-refractivity contribution in [2.24, 2.45) is 5.73 Å². The number of fused-ring (bicyclic) bond motifs is 1. The summed E-state index contributed by atoms with van der Waals surface area (Å²) in [6, 6.07) is 2.63. The zero-order valence-corrected chi connectivity index (χ0v) is 9.51. The van der Waals surface area contributed by atoms with E-state index in [1.807, 2.05) is 0 Å². The number of aromatic nitrogens is 1. The van der Waals surface area contributed by atoms with Crippen LogP contribution >= 0.6 is 0 Å². The quantitative estimate of drug-likeness (QED) is 0.791. The zero-order valence-electron chi connectivity index (χ0n) is 9.51. The van der Waals surface area contributed by atoms with Crippen molar-refractivity contribution < 1.29 is 0 Å². The average molecular weight is 205 g/mol. The van der Waals surface area contributed by atoms with E-state index in [0.29, 0.717) is 12.6 Å². The van der Waals surface area contributed by atoms with Gasteiger partial charge in [0.25, 0.3) is 0 Å². The normalized spacial score (nSPS) is 14.4. The van der Waals surface area contributed by atoms with Gasteiger partial charge in [0.2, 0.25) is 0 Å². The zero-order chi connectivity index (χ0) is 10.8. The lowest BCUT2D eigenvalue weighted by Gasteiger charge is -2.14. The lowest BCUT2D eigenvalue weighted by atomic mass is 10.1. The summed E-state index contributed by atoms with van der Waals surface area (Å²) in [6.07, 6.45) is 3.52. The second kappa shape index (κ2) is 4.19. The van der Waals surface area contributed by atoms with E-state index in [2.05, 4.69) is 30.2 Å². The first-order valence-electron chi connectivity index (χ1n) is 5.69. The molecule has 1 aromatic heterocycles. The molecule has 3 heteroatoms. The van der Waals surface area contributed by atoms with E-state index in [4.69, 9.17) is 5.73 Å². The second-order valence-electron chi connectivity index (χ2n) is 4.46. The lowest BCUT2D eigenvalue weighted by molar-refractivity contribution is 0.868. The largest absolute Gasteiger partial charge is 0.368 e. The smallest absolute Gasteiger partial charge is 0.130 e. The summed E-state index contributed by atoms with van der Waals surface area (Å²) < 4.78 is 0. The predicted molar refractivity (Wildman–Crippen MR) is 62.9 cm³/mol. The number of hydrogen-bond donors (Lipinski definition) is 2. The number of nitrogens with one attached hydrogen (secondary N) is 1. The molecular weight excluding hydrogens is 186 g/mol. The van der Waals surface area contributed by atoms with Gasteiger partial charge < -0.3 is 11.1 Å². The molecule has 0 atom stereocenters. The maximum Gasteiger partial charge on any atom is 0.130 e. The van der Waals surface area contributed by atoms with Crippen LogP contribution in [0.25, 0.3) is 0 Å². The molecular formula is C12H19N3. The molecule has 1 aliphatic carbocycles. The van der Waals surface area contributed by atoms with E-state index in [9.17, 15) is 0 Å². The molecule has 0 bridgehead atoms. The Morgan fingerprint density at radius 3 is 2.93 bits per heavy atom. The van der Waals surface area contributed by atoms with E-state index in [1.165, 1.54) is 17.7 Å². The maximum absolute atomic E-state index is 5.74. The Balaban J connectivity index is 2.35. The molecule has 2 rings (SSSR count). The first-order chi connectivity index (χ1) is 7.20. The third kappa shape index (κ3) is 2.12. The summed E-state index contributed by atoms with van der Waals surface area (Å²) in [6.45, 7) is 4.81. The van der Waals surface area contributed by atoms with Gasteiger partial charge in [-0.05, 0) is 44.7 Å². The van der Waals surface area contributed by atoms with Crippen LogP contribution in [0.5, 0.6) is 0 Å². The Morgan fingerprint density at radius 1 is 1.47 bits per heavy atom. The fourth-order valence-electron chi connectivity index (χ4n) is 2.07. The van der Waals surface area contributed by atoms with Gasteiger partial charge in [0.15, 0.2) is 0 Å². The Kier molecular flexibility index (Phi) is 2.91. The highest BCUT2D eigenvalue weighted by Gasteiger charge is 2.15. The topological polar surface area (TPSA) is 50.9 Å². The van der Waals surface area contributed by atoms with Crippen LogP contribution in [0.2, 0.25) is 0 Å². The molecule has 0 saturated heterocycles. The van der Waals surface area contributed by atoms with E-state index < -0.39 is 0 Å². The molecule has 3 nitrogen and oxygen atoms in total. The lowest BCUT2D eigenvalue weighted by Crippen LogP contribution is -2.15. The Morgan fingerprint density at radius 2 is 2.27 bits per heavy atom. The summed E-state index contributed by atoms with van der Waals surface area (Å²) >= 11 is 0. The van der Waals surface area contributed by atoms with Crippen molar-refractivity contribution in [3.8, 4) is 0 Å². The van der Waals surface area contributed by atoms with Crippen molar-refractivity contribution in [3.05, 3.63) is 22.9 Å². The average Bonchev–Trinajstić information content (AvgIpc) is 2.62. The molecule has 0 amide bonds. The Labute approximate surface area is 91.1 Å². The Hall–Kier alpha value is -1.09. The van der Waals surface area contributed by atoms with Crippen molar-refractivity contribution in [1.29, 1.82) is 0 Å². The summed E-state index contributed by atoms with van der Waals surface area (Å²) in [4.78, 5) is 4.67. The number of nitrogens with two attached hydrogens (primary N) is 1. The van der Waals surface area contributed by atoms with Crippen LogP contribution in [0.4, 0.5) is 5.82 Å². The summed E-state index contributed by atoms with van der Waals surface area (Å²) in [5, 5.41) is 3.36. The molecule has 3 N–H and O–H groups in total. The minimum atomic E-state index is 0.405. The molecule has 0 radical (unpaired) electrons. The fraction of sp³-hybridized carbons (Fsp3) is 0.583. The van der Waals surface area contributed by atoms with Crippen molar-refractivity contribution in [1.82, 2.24) is 4.98 Å². The molecule has 1 aliphatic rings. The maximum atomic E-state index is 5.74. The molecule has 1 heterocycles. The van der Waals surface area contributed by atoms with Crippen molar-refractivity contribution in [3.63, 3.8) is 0 Å². The van der Waals surface area contributed by atoms with Crippen LogP contribution in [0.15, 0.2) is 6.07 Å². The van der Waals surface area contributed by atoms with E-state index in [1.54, 1.807) is 0 Å². The highest BCUT2D eigenvalue weighted by Crippen LogP contribution is 2.25. The minimum Gasteiger partial charge on any atom is -0.368 e. The van der Waals surface area contributed by atoms with E-state index in [-0.39, 0.29) is 0 Å². The number of anilines is 1. The third-order valence-corrected chi connectivity index (χ3v) is 2.78. The first-order valence-corrected chi connectivity index (χ1v) is 5.69. The standard InChI is InChI=1S/C12H19N3/c1-8(2)14-12-10(7-13)6-9-4-3-5-11(9)15-12/h6,8H,3-5,7,13H2,1-2H3,(H,14,15). The molecule has 0 unspecified atom stereocenters. The van der Waals surface area contributed by atoms with Crippen LogP contribution in [0.1, 0.15) is 37.1 Å². The molecule has 0 fully saturated rings. The van der Waals surface area contributed by atoms with Gasteiger partial charge in [-0.15, -0.1) is 0 Å². The molecule has 0 saturated carbocycles. The molecule has 0 spiro atoms. The van der Waals surface area contributed by atoms with Crippen LogP contribution < -0.4 is 11.1 Å². The van der Waals surface area contributed by atoms with Crippen molar-refractivity contribution >= 4 is 5.82 Å². The Bertz CT molecular complexity index is 358. The van der Waals surface area contributed by atoms with Crippen LogP contribution in [0.3, 0.4) is 0 Å². The van der Waals surface area contributed by atoms with Gasteiger partial charge in [0, 0.05) is 23.8 Å². The van der Waals surface area contributed by atoms with Gasteiger partial charge in [-0.1, -0.05) is 0 Å². The number of pyridine rings is 1. The summed E-state index contributed by atoms with van der Waals surface area (Å²) in [7, 11) is 0. The van der Waals surface area contributed by atoms with Gasteiger partial charge in [0.05, 0.1) is 0 Å². The van der Waals surface area contributed by atoms with Crippen molar-refractivity contribution in [2.75, 3.05) is 5.32 Å². The summed E-state index contributed by atoms with van der Waals surface area (Å²) in [5.41, 5.74) is 9.54. The molecule has 82 valence electrons. The molecule has 1 aromatic rings. The van der Waals surface area contributed by atoms with Crippen LogP contribution in [-0.4, -0.2) is 11.0 Å². The number of rotatable bonds is 3. The van der Waals surface area contributed by atoms with Gasteiger partial charge in [0.1, 0.15) is 5.82 Å². The van der Waals surface area contributed by atoms with Gasteiger partial charge in [-0.2, -0.15) is 0 Å². The fourth-order valence-corrected chi connectivity index (χ4v) is 2.07. The van der Waals surface area contributed by atoms with Gasteiger partial charge in [-0.3, -0.25) is 0 Å². The second-order valence-corrected chi connectivity index (χ2v) is 4.46. The number of hydrogen-bond acceptors (Lipinski definition) is 3. The van der Waals surface area contributed by atoms with Crippen LogP contribution in [-0.2, 0) is 19.4 Å². The minimum absolute atomic E-state index is 0.405. The van der Waals surface area contributed by atoms with E-state index >= 15 is 0 Å².